The largest absolute Gasteiger partial charge is 0.349 e. The SMILES string of the molecule is Cc1nn(-c2ccc(Cl)cc2)cc1C(=O)NC1CCCCC1CN. The summed E-state index contributed by atoms with van der Waals surface area (Å²) in [6.07, 6.45) is 6.20. The summed E-state index contributed by atoms with van der Waals surface area (Å²) in [4.78, 5) is 12.7. The van der Waals surface area contributed by atoms with Crippen molar-refractivity contribution in [2.75, 3.05) is 6.54 Å². The monoisotopic (exact) mass is 346 g/mol. The molecule has 0 saturated heterocycles. The highest BCUT2D eigenvalue weighted by Crippen LogP contribution is 2.24. The van der Waals surface area contributed by atoms with Crippen LogP contribution in [0, 0.1) is 12.8 Å². The molecule has 2 unspecified atom stereocenters. The van der Waals surface area contributed by atoms with Crippen molar-refractivity contribution < 1.29 is 4.79 Å². The van der Waals surface area contributed by atoms with E-state index in [9.17, 15) is 4.79 Å². The molecular weight excluding hydrogens is 324 g/mol. The van der Waals surface area contributed by atoms with Crippen molar-refractivity contribution >= 4 is 17.5 Å². The number of rotatable bonds is 4. The molecule has 0 bridgehead atoms. The normalized spacial score (nSPS) is 20.8. The molecular formula is C18H23ClN4O. The zero-order valence-corrected chi connectivity index (χ0v) is 14.6. The fourth-order valence-corrected chi connectivity index (χ4v) is 3.46. The Morgan fingerprint density at radius 1 is 1.33 bits per heavy atom. The second-order valence-electron chi connectivity index (χ2n) is 6.41. The number of nitrogens with zero attached hydrogens (tertiary/aromatic N) is 2. The summed E-state index contributed by atoms with van der Waals surface area (Å²) in [6, 6.07) is 7.53. The number of aromatic nitrogens is 2. The summed E-state index contributed by atoms with van der Waals surface area (Å²) in [5.74, 6) is 0.298. The zero-order valence-electron chi connectivity index (χ0n) is 13.8. The number of amides is 1. The molecule has 1 heterocycles. The van der Waals surface area contributed by atoms with E-state index in [4.69, 9.17) is 17.3 Å². The molecule has 1 aromatic carbocycles. The highest BCUT2D eigenvalue weighted by atomic mass is 35.5. The minimum atomic E-state index is -0.0712. The molecule has 1 aromatic heterocycles. The van der Waals surface area contributed by atoms with Gasteiger partial charge in [0, 0.05) is 17.3 Å². The summed E-state index contributed by atoms with van der Waals surface area (Å²) >= 11 is 5.92. The van der Waals surface area contributed by atoms with Crippen LogP contribution in [0.2, 0.25) is 5.02 Å². The van der Waals surface area contributed by atoms with Crippen molar-refractivity contribution in [1.82, 2.24) is 15.1 Å². The Balaban J connectivity index is 1.76. The van der Waals surface area contributed by atoms with Gasteiger partial charge in [0.05, 0.1) is 16.9 Å². The molecule has 1 saturated carbocycles. The number of hydrogen-bond acceptors (Lipinski definition) is 3. The molecule has 1 fully saturated rings. The maximum atomic E-state index is 12.7. The van der Waals surface area contributed by atoms with Gasteiger partial charge in [-0.3, -0.25) is 4.79 Å². The number of carbonyl (C=O) groups is 1. The molecule has 1 aliphatic carbocycles. The first-order chi connectivity index (χ1) is 11.6. The third-order valence-corrected chi connectivity index (χ3v) is 5.01. The van der Waals surface area contributed by atoms with Crippen LogP contribution < -0.4 is 11.1 Å². The number of nitrogens with one attached hydrogen (secondary N) is 1. The predicted octanol–water partition coefficient (Wildman–Crippen LogP) is 3.08. The van der Waals surface area contributed by atoms with Crippen LogP contribution in [0.5, 0.6) is 0 Å². The van der Waals surface area contributed by atoms with E-state index in [0.29, 0.717) is 28.7 Å². The quantitative estimate of drug-likeness (QED) is 0.893. The summed E-state index contributed by atoms with van der Waals surface area (Å²) < 4.78 is 1.71. The van der Waals surface area contributed by atoms with Crippen LogP contribution in [-0.2, 0) is 0 Å². The number of hydrogen-bond donors (Lipinski definition) is 2. The predicted molar refractivity (Wildman–Crippen MR) is 95.6 cm³/mol. The van der Waals surface area contributed by atoms with Gasteiger partial charge in [-0.05, 0) is 56.5 Å². The van der Waals surface area contributed by atoms with Crippen molar-refractivity contribution in [3.63, 3.8) is 0 Å². The Kier molecular flexibility index (Phi) is 5.21. The fourth-order valence-electron chi connectivity index (χ4n) is 3.34. The third kappa shape index (κ3) is 3.62. The molecule has 0 spiro atoms. The van der Waals surface area contributed by atoms with Crippen LogP contribution in [0.1, 0.15) is 41.7 Å². The van der Waals surface area contributed by atoms with E-state index in [-0.39, 0.29) is 11.9 Å². The molecule has 1 amide bonds. The lowest BCUT2D eigenvalue weighted by Crippen LogP contribution is -2.44. The number of aryl methyl sites for hydroxylation is 1. The smallest absolute Gasteiger partial charge is 0.254 e. The van der Waals surface area contributed by atoms with Gasteiger partial charge in [-0.15, -0.1) is 0 Å². The highest BCUT2D eigenvalue weighted by molar-refractivity contribution is 6.30. The molecule has 2 aromatic rings. The van der Waals surface area contributed by atoms with Crippen LogP contribution in [0.15, 0.2) is 30.5 Å². The van der Waals surface area contributed by atoms with Crippen molar-refractivity contribution in [1.29, 1.82) is 0 Å². The fraction of sp³-hybridized carbons (Fsp3) is 0.444. The number of nitrogens with two attached hydrogens (primary N) is 1. The van der Waals surface area contributed by atoms with E-state index in [1.54, 1.807) is 10.9 Å². The van der Waals surface area contributed by atoms with Gasteiger partial charge in [0.1, 0.15) is 0 Å². The zero-order chi connectivity index (χ0) is 17.1. The molecule has 2 atom stereocenters. The maximum absolute atomic E-state index is 12.7. The van der Waals surface area contributed by atoms with Gasteiger partial charge in [-0.25, -0.2) is 4.68 Å². The highest BCUT2D eigenvalue weighted by Gasteiger charge is 2.26. The summed E-state index contributed by atoms with van der Waals surface area (Å²) in [5, 5.41) is 8.28. The Labute approximate surface area is 147 Å². The van der Waals surface area contributed by atoms with Gasteiger partial charge in [-0.2, -0.15) is 5.10 Å². The Hall–Kier alpha value is -1.85. The standard InChI is InChI=1S/C18H23ClN4O/c1-12-16(11-23(22-12)15-8-6-14(19)7-9-15)18(24)21-17-5-3-2-4-13(17)10-20/h6-9,11,13,17H,2-5,10,20H2,1H3,(H,21,24). The van der Waals surface area contributed by atoms with Gasteiger partial charge in [0.15, 0.2) is 0 Å². The number of halogens is 1. The van der Waals surface area contributed by atoms with Gasteiger partial charge in [0.2, 0.25) is 0 Å². The lowest BCUT2D eigenvalue weighted by Gasteiger charge is -2.31. The first-order valence-corrected chi connectivity index (χ1v) is 8.79. The van der Waals surface area contributed by atoms with E-state index in [1.807, 2.05) is 31.2 Å². The second-order valence-corrected chi connectivity index (χ2v) is 6.85. The topological polar surface area (TPSA) is 72.9 Å². The van der Waals surface area contributed by atoms with Gasteiger partial charge in [0.25, 0.3) is 5.91 Å². The first kappa shape index (κ1) is 17.0. The summed E-state index contributed by atoms with van der Waals surface area (Å²) in [6.45, 7) is 2.47. The molecule has 5 nitrogen and oxygen atoms in total. The minimum absolute atomic E-state index is 0.0712. The molecule has 3 rings (SSSR count). The van der Waals surface area contributed by atoms with E-state index in [2.05, 4.69) is 10.4 Å². The van der Waals surface area contributed by atoms with Gasteiger partial charge in [-0.1, -0.05) is 24.4 Å². The van der Waals surface area contributed by atoms with Crippen molar-refractivity contribution in [2.24, 2.45) is 11.7 Å². The third-order valence-electron chi connectivity index (χ3n) is 4.76. The van der Waals surface area contributed by atoms with Crippen molar-refractivity contribution in [2.45, 2.75) is 38.6 Å². The summed E-state index contributed by atoms with van der Waals surface area (Å²) in [5.41, 5.74) is 8.04. The molecule has 0 radical (unpaired) electrons. The lowest BCUT2D eigenvalue weighted by atomic mass is 9.84. The van der Waals surface area contributed by atoms with E-state index < -0.39 is 0 Å². The summed E-state index contributed by atoms with van der Waals surface area (Å²) in [7, 11) is 0. The molecule has 128 valence electrons. The van der Waals surface area contributed by atoms with E-state index >= 15 is 0 Å². The second kappa shape index (κ2) is 7.36. The Morgan fingerprint density at radius 2 is 2.04 bits per heavy atom. The molecule has 0 aliphatic heterocycles. The lowest BCUT2D eigenvalue weighted by molar-refractivity contribution is 0.0907. The molecule has 1 aliphatic rings. The van der Waals surface area contributed by atoms with Crippen molar-refractivity contribution in [3.05, 3.63) is 46.7 Å². The van der Waals surface area contributed by atoms with E-state index in [1.165, 1.54) is 6.42 Å². The minimum Gasteiger partial charge on any atom is -0.349 e. The first-order valence-electron chi connectivity index (χ1n) is 8.41. The molecule has 6 heteroatoms. The van der Waals surface area contributed by atoms with Crippen LogP contribution in [0.4, 0.5) is 0 Å². The average molecular weight is 347 g/mol. The Morgan fingerprint density at radius 3 is 2.75 bits per heavy atom. The van der Waals surface area contributed by atoms with Crippen LogP contribution in [0.3, 0.4) is 0 Å². The van der Waals surface area contributed by atoms with Crippen molar-refractivity contribution in [3.8, 4) is 5.69 Å². The Bertz CT molecular complexity index is 710. The van der Waals surface area contributed by atoms with Crippen LogP contribution in [-0.4, -0.2) is 28.3 Å². The van der Waals surface area contributed by atoms with E-state index in [0.717, 1.165) is 24.9 Å². The van der Waals surface area contributed by atoms with Gasteiger partial charge >= 0.3 is 0 Å². The van der Waals surface area contributed by atoms with Crippen LogP contribution in [0.25, 0.3) is 5.69 Å². The molecule has 24 heavy (non-hydrogen) atoms. The molecule has 3 N–H and O–H groups in total. The average Bonchev–Trinajstić information content (AvgIpc) is 2.98. The number of benzene rings is 1. The number of carbonyl (C=O) groups excluding carboxylic acids is 1. The maximum Gasteiger partial charge on any atom is 0.254 e. The van der Waals surface area contributed by atoms with Crippen LogP contribution >= 0.6 is 11.6 Å². The van der Waals surface area contributed by atoms with Gasteiger partial charge < -0.3 is 11.1 Å².